The maximum absolute atomic E-state index is 14.1. The summed E-state index contributed by atoms with van der Waals surface area (Å²) in [4.78, 5) is 28.7. The van der Waals surface area contributed by atoms with Crippen molar-refractivity contribution in [1.29, 1.82) is 0 Å². The Morgan fingerprint density at radius 2 is 1.63 bits per heavy atom. The monoisotopic (exact) mass is 645 g/mol. The largest absolute Gasteiger partial charge is 0.497 e. The van der Waals surface area contributed by atoms with Crippen LogP contribution >= 0.6 is 15.9 Å². The molecular formula is C30H36BrN3O6S. The van der Waals surface area contributed by atoms with Gasteiger partial charge in [-0.15, -0.1) is 0 Å². The summed E-state index contributed by atoms with van der Waals surface area (Å²) in [6, 6.07) is 19.0. The molecule has 0 saturated heterocycles. The number of amides is 2. The summed E-state index contributed by atoms with van der Waals surface area (Å²) < 4.78 is 40.7. The normalized spacial score (nSPS) is 12.3. The Labute approximate surface area is 250 Å². The highest BCUT2D eigenvalue weighted by Gasteiger charge is 2.34. The van der Waals surface area contributed by atoms with E-state index in [2.05, 4.69) is 21.2 Å². The van der Waals surface area contributed by atoms with E-state index < -0.39 is 34.1 Å². The van der Waals surface area contributed by atoms with Crippen molar-refractivity contribution in [3.8, 4) is 11.5 Å². The van der Waals surface area contributed by atoms with Crippen molar-refractivity contribution in [2.75, 3.05) is 25.1 Å². The van der Waals surface area contributed by atoms with E-state index in [9.17, 15) is 18.0 Å². The fourth-order valence-electron chi connectivity index (χ4n) is 4.11. The Bertz CT molecular complexity index is 1480. The second-order valence-electron chi connectivity index (χ2n) is 10.4. The summed E-state index contributed by atoms with van der Waals surface area (Å²) in [7, 11) is -1.38. The third-order valence-corrected chi connectivity index (χ3v) is 8.44. The number of benzene rings is 3. The van der Waals surface area contributed by atoms with Gasteiger partial charge in [-0.3, -0.25) is 13.9 Å². The molecule has 220 valence electrons. The molecule has 0 bridgehead atoms. The van der Waals surface area contributed by atoms with Crippen molar-refractivity contribution in [3.05, 3.63) is 82.8 Å². The van der Waals surface area contributed by atoms with Crippen LogP contribution in [0.3, 0.4) is 0 Å². The lowest BCUT2D eigenvalue weighted by Gasteiger charge is -2.33. The molecule has 0 fully saturated rings. The lowest BCUT2D eigenvalue weighted by Crippen LogP contribution is -2.54. The molecule has 3 aromatic rings. The van der Waals surface area contributed by atoms with Crippen molar-refractivity contribution in [1.82, 2.24) is 10.2 Å². The highest BCUT2D eigenvalue weighted by molar-refractivity contribution is 9.10. The molecule has 2 amide bonds. The van der Waals surface area contributed by atoms with E-state index in [4.69, 9.17) is 9.47 Å². The van der Waals surface area contributed by atoms with Gasteiger partial charge in [0.25, 0.3) is 10.0 Å². The van der Waals surface area contributed by atoms with Gasteiger partial charge >= 0.3 is 0 Å². The van der Waals surface area contributed by atoms with E-state index in [1.54, 1.807) is 37.3 Å². The number of nitrogens with zero attached hydrogens (tertiary/aromatic N) is 2. The van der Waals surface area contributed by atoms with E-state index >= 15 is 0 Å². The number of rotatable bonds is 11. The Morgan fingerprint density at radius 3 is 2.22 bits per heavy atom. The lowest BCUT2D eigenvalue weighted by molar-refractivity contribution is -0.140. The number of carbonyl (C=O) groups excluding carboxylic acids is 2. The number of halogens is 1. The van der Waals surface area contributed by atoms with Crippen LogP contribution < -0.4 is 19.1 Å². The molecule has 0 spiro atoms. The Hall–Kier alpha value is -3.57. The minimum atomic E-state index is -4.25. The summed E-state index contributed by atoms with van der Waals surface area (Å²) in [6.07, 6.45) is 0. The van der Waals surface area contributed by atoms with E-state index in [0.717, 1.165) is 14.3 Å². The molecule has 0 aliphatic heterocycles. The molecular weight excluding hydrogens is 610 g/mol. The standard InChI is InChI=1S/C30H36BrN3O6S/c1-21(29(36)32-30(2,3)4)33(19-22-11-10-12-23(31)17-22)28(35)20-34(41(37,38)25-13-8-7-9-14-25)26-18-24(39-5)15-16-27(26)40-6/h7-18,21H,19-20H2,1-6H3,(H,32,36). The zero-order valence-corrected chi connectivity index (χ0v) is 26.5. The van der Waals surface area contributed by atoms with Gasteiger partial charge in [-0.1, -0.05) is 46.3 Å². The SMILES string of the molecule is COc1ccc(OC)c(N(CC(=O)N(Cc2cccc(Br)c2)C(C)C(=O)NC(C)(C)C)S(=O)(=O)c2ccccc2)c1. The third kappa shape index (κ3) is 8.23. The molecule has 1 unspecified atom stereocenters. The molecule has 41 heavy (non-hydrogen) atoms. The molecule has 11 heteroatoms. The summed E-state index contributed by atoms with van der Waals surface area (Å²) in [5.74, 6) is -0.330. The van der Waals surface area contributed by atoms with Crippen LogP contribution in [0.15, 0.2) is 82.2 Å². The second-order valence-corrected chi connectivity index (χ2v) is 13.2. The van der Waals surface area contributed by atoms with Crippen molar-refractivity contribution in [2.45, 2.75) is 50.7 Å². The molecule has 0 saturated carbocycles. The average molecular weight is 647 g/mol. The van der Waals surface area contributed by atoms with Gasteiger partial charge in [-0.2, -0.15) is 0 Å². The van der Waals surface area contributed by atoms with Gasteiger partial charge < -0.3 is 19.7 Å². The first kappa shape index (κ1) is 32.0. The number of nitrogens with one attached hydrogen (secondary N) is 1. The number of hydrogen-bond donors (Lipinski definition) is 1. The Morgan fingerprint density at radius 1 is 0.951 bits per heavy atom. The van der Waals surface area contributed by atoms with Gasteiger partial charge in [0.15, 0.2) is 0 Å². The van der Waals surface area contributed by atoms with Gasteiger partial charge in [0.1, 0.15) is 24.1 Å². The van der Waals surface area contributed by atoms with Crippen LogP contribution in [0.25, 0.3) is 0 Å². The predicted octanol–water partition coefficient (Wildman–Crippen LogP) is 4.99. The topological polar surface area (TPSA) is 105 Å². The van der Waals surface area contributed by atoms with Crippen LogP contribution in [0, 0.1) is 0 Å². The Balaban J connectivity index is 2.12. The molecule has 3 rings (SSSR count). The number of ether oxygens (including phenoxy) is 2. The summed E-state index contributed by atoms with van der Waals surface area (Å²) in [5.41, 5.74) is 0.352. The number of methoxy groups -OCH3 is 2. The minimum absolute atomic E-state index is 0.00487. The number of sulfonamides is 1. The number of hydrogen-bond acceptors (Lipinski definition) is 6. The van der Waals surface area contributed by atoms with E-state index in [1.165, 1.54) is 37.3 Å². The molecule has 1 atom stereocenters. The first-order chi connectivity index (χ1) is 19.3. The number of carbonyl (C=O) groups is 2. The molecule has 0 heterocycles. The number of anilines is 1. The Kier molecular flexibility index (Phi) is 10.4. The van der Waals surface area contributed by atoms with Gasteiger partial charge in [0, 0.05) is 22.6 Å². The average Bonchev–Trinajstić information content (AvgIpc) is 2.93. The van der Waals surface area contributed by atoms with Gasteiger partial charge in [-0.05, 0) is 69.7 Å². The first-order valence-corrected chi connectivity index (χ1v) is 15.2. The zero-order valence-electron chi connectivity index (χ0n) is 24.0. The van der Waals surface area contributed by atoms with Crippen molar-refractivity contribution < 1.29 is 27.5 Å². The molecule has 0 radical (unpaired) electrons. The van der Waals surface area contributed by atoms with Crippen LogP contribution in [0.5, 0.6) is 11.5 Å². The summed E-state index contributed by atoms with van der Waals surface area (Å²) >= 11 is 3.45. The smallest absolute Gasteiger partial charge is 0.264 e. The summed E-state index contributed by atoms with van der Waals surface area (Å²) in [6.45, 7) is 6.65. The van der Waals surface area contributed by atoms with Crippen LogP contribution in [0.1, 0.15) is 33.3 Å². The highest BCUT2D eigenvalue weighted by Crippen LogP contribution is 2.36. The van der Waals surface area contributed by atoms with Crippen molar-refractivity contribution in [3.63, 3.8) is 0 Å². The van der Waals surface area contributed by atoms with Crippen LogP contribution in [-0.4, -0.2) is 57.5 Å². The fraction of sp³-hybridized carbons (Fsp3) is 0.333. The molecule has 9 nitrogen and oxygen atoms in total. The van der Waals surface area contributed by atoms with Gasteiger partial charge in [-0.25, -0.2) is 8.42 Å². The van der Waals surface area contributed by atoms with E-state index in [-0.39, 0.29) is 28.8 Å². The molecule has 0 aliphatic carbocycles. The van der Waals surface area contributed by atoms with Gasteiger partial charge in [0.2, 0.25) is 11.8 Å². The second kappa shape index (κ2) is 13.4. The maximum Gasteiger partial charge on any atom is 0.264 e. The van der Waals surface area contributed by atoms with Crippen molar-refractivity contribution >= 4 is 43.5 Å². The van der Waals surface area contributed by atoms with Gasteiger partial charge in [0.05, 0.1) is 24.8 Å². The lowest BCUT2D eigenvalue weighted by atomic mass is 10.1. The summed E-state index contributed by atoms with van der Waals surface area (Å²) in [5, 5.41) is 2.92. The van der Waals surface area contributed by atoms with Crippen LogP contribution in [-0.2, 0) is 26.2 Å². The molecule has 0 aromatic heterocycles. The van der Waals surface area contributed by atoms with Crippen LogP contribution in [0.4, 0.5) is 5.69 Å². The van der Waals surface area contributed by atoms with E-state index in [0.29, 0.717) is 5.75 Å². The predicted molar refractivity (Wildman–Crippen MR) is 163 cm³/mol. The minimum Gasteiger partial charge on any atom is -0.497 e. The highest BCUT2D eigenvalue weighted by atomic mass is 79.9. The third-order valence-electron chi connectivity index (χ3n) is 6.17. The molecule has 3 aromatic carbocycles. The van der Waals surface area contributed by atoms with Crippen molar-refractivity contribution in [2.24, 2.45) is 0 Å². The zero-order chi connectivity index (χ0) is 30.4. The maximum atomic E-state index is 14.1. The molecule has 1 N–H and O–H groups in total. The first-order valence-electron chi connectivity index (χ1n) is 12.9. The van der Waals surface area contributed by atoms with Crippen LogP contribution in [0.2, 0.25) is 0 Å². The quantitative estimate of drug-likeness (QED) is 0.315. The molecule has 0 aliphatic rings. The van der Waals surface area contributed by atoms with E-state index in [1.807, 2.05) is 45.0 Å². The fourth-order valence-corrected chi connectivity index (χ4v) is 6.00.